The van der Waals surface area contributed by atoms with Crippen LogP contribution in [0.3, 0.4) is 0 Å². The number of benzene rings is 3. The molecule has 54 heavy (non-hydrogen) atoms. The Morgan fingerprint density at radius 2 is 1.41 bits per heavy atom. The van der Waals surface area contributed by atoms with Crippen molar-refractivity contribution in [2.24, 2.45) is 17.8 Å². The number of phenolic OH excluding ortho intramolecular Hbond substituents is 1. The lowest BCUT2D eigenvalue weighted by molar-refractivity contribution is -0.125. The largest absolute Gasteiger partial charge is 0.504 e. The van der Waals surface area contributed by atoms with E-state index in [1.165, 1.54) is 19.2 Å². The average Bonchev–Trinajstić information content (AvgIpc) is 3.51. The summed E-state index contributed by atoms with van der Waals surface area (Å²) >= 11 is 14.3. The van der Waals surface area contributed by atoms with Gasteiger partial charge in [-0.05, 0) is 60.7 Å². The maximum atomic E-state index is 15.3. The van der Waals surface area contributed by atoms with Gasteiger partial charge in [-0.15, -0.1) is 23.2 Å². The lowest BCUT2D eigenvalue weighted by atomic mass is 9.56. The molecule has 4 fully saturated rings. The Kier molecular flexibility index (Phi) is 8.51. The average molecular weight is 793 g/mol. The van der Waals surface area contributed by atoms with Crippen LogP contribution >= 0.6 is 23.2 Å². The van der Waals surface area contributed by atoms with Crippen LogP contribution in [0, 0.1) is 46.8 Å². The van der Waals surface area contributed by atoms with Gasteiger partial charge in [0.2, 0.25) is 17.6 Å². The van der Waals surface area contributed by atoms with Crippen LogP contribution in [0.1, 0.15) is 24.3 Å². The summed E-state index contributed by atoms with van der Waals surface area (Å²) in [5, 5.41) is 10.8. The van der Waals surface area contributed by atoms with Crippen molar-refractivity contribution in [1.29, 1.82) is 0 Å². The van der Waals surface area contributed by atoms with Crippen LogP contribution in [0.2, 0.25) is 0 Å². The van der Waals surface area contributed by atoms with E-state index >= 15 is 8.78 Å². The number of morpholine rings is 1. The molecule has 0 spiro atoms. The third kappa shape index (κ3) is 4.80. The third-order valence-electron chi connectivity index (χ3n) is 11.2. The van der Waals surface area contributed by atoms with Crippen molar-refractivity contribution in [3.8, 4) is 11.5 Å². The van der Waals surface area contributed by atoms with E-state index in [2.05, 4.69) is 4.90 Å². The van der Waals surface area contributed by atoms with Gasteiger partial charge in [0.15, 0.2) is 44.5 Å². The minimum Gasteiger partial charge on any atom is -0.504 e. The van der Waals surface area contributed by atoms with Crippen molar-refractivity contribution < 1.29 is 55.7 Å². The van der Waals surface area contributed by atoms with Crippen LogP contribution in [0.4, 0.5) is 39.0 Å². The molecule has 6 unspecified atom stereocenters. The minimum atomic E-state index is -2.72. The highest BCUT2D eigenvalue weighted by Crippen LogP contribution is 2.66. The Morgan fingerprint density at radius 3 is 2.02 bits per heavy atom. The first-order chi connectivity index (χ1) is 25.7. The summed E-state index contributed by atoms with van der Waals surface area (Å²) in [7, 11) is 1.27. The number of nitrogens with zero attached hydrogens (tertiary/aromatic N) is 3. The molecule has 6 atom stereocenters. The molecule has 5 aliphatic rings. The normalized spacial score (nSPS) is 29.3. The zero-order valence-electron chi connectivity index (χ0n) is 28.1. The van der Waals surface area contributed by atoms with Crippen LogP contribution in [0.25, 0.3) is 0 Å². The summed E-state index contributed by atoms with van der Waals surface area (Å²) < 4.78 is 84.2. The zero-order chi connectivity index (χ0) is 38.6. The van der Waals surface area contributed by atoms with Crippen LogP contribution in [-0.2, 0) is 23.9 Å². The van der Waals surface area contributed by atoms with Crippen molar-refractivity contribution in [3.63, 3.8) is 0 Å². The second-order valence-electron chi connectivity index (χ2n) is 13.8. The number of rotatable bonds is 5. The zero-order valence-corrected chi connectivity index (χ0v) is 29.6. The van der Waals surface area contributed by atoms with Gasteiger partial charge in [0, 0.05) is 24.7 Å². The smallest absolute Gasteiger partial charge is 0.258 e. The molecule has 1 saturated carbocycles. The van der Waals surface area contributed by atoms with Gasteiger partial charge >= 0.3 is 0 Å². The highest BCUT2D eigenvalue weighted by atomic mass is 35.5. The monoisotopic (exact) mass is 791 g/mol. The molecule has 3 aromatic rings. The number of aromatic hydroxyl groups is 1. The molecule has 4 amide bonds. The fourth-order valence-corrected chi connectivity index (χ4v) is 9.65. The molecule has 3 heterocycles. The summed E-state index contributed by atoms with van der Waals surface area (Å²) in [5.41, 5.74) is -0.456. The molecule has 1 N–H and O–H groups in total. The molecule has 282 valence electrons. The van der Waals surface area contributed by atoms with Crippen LogP contribution < -0.4 is 19.4 Å². The molecule has 10 nitrogen and oxygen atoms in total. The van der Waals surface area contributed by atoms with Gasteiger partial charge in [0.25, 0.3) is 11.8 Å². The topological polar surface area (TPSA) is 117 Å². The summed E-state index contributed by atoms with van der Waals surface area (Å²) in [6.45, 7) is 2.39. The van der Waals surface area contributed by atoms with Gasteiger partial charge < -0.3 is 19.5 Å². The number of alkyl halides is 2. The van der Waals surface area contributed by atoms with Gasteiger partial charge in [0.1, 0.15) is 5.69 Å². The maximum absolute atomic E-state index is 15.3. The van der Waals surface area contributed by atoms with Gasteiger partial charge in [-0.3, -0.25) is 24.1 Å². The summed E-state index contributed by atoms with van der Waals surface area (Å²) in [6.07, 6.45) is 0.893. The van der Waals surface area contributed by atoms with Crippen LogP contribution in [0.5, 0.6) is 11.5 Å². The Labute approximate surface area is 313 Å². The van der Waals surface area contributed by atoms with Gasteiger partial charge in [-0.25, -0.2) is 26.9 Å². The van der Waals surface area contributed by atoms with Crippen LogP contribution in [0.15, 0.2) is 54.1 Å². The Morgan fingerprint density at radius 1 is 0.796 bits per heavy atom. The predicted octanol–water partition coefficient (Wildman–Crippen LogP) is 5.70. The lowest BCUT2D eigenvalue weighted by Gasteiger charge is -2.50. The minimum absolute atomic E-state index is 0.00624. The van der Waals surface area contributed by atoms with Crippen molar-refractivity contribution in [2.75, 3.05) is 48.1 Å². The second-order valence-corrected chi connectivity index (χ2v) is 15.0. The quantitative estimate of drug-likeness (QED) is 0.0875. The lowest BCUT2D eigenvalue weighted by Crippen LogP contribution is -2.60. The van der Waals surface area contributed by atoms with Gasteiger partial charge in [-0.1, -0.05) is 17.7 Å². The number of methoxy groups -OCH3 is 1. The highest BCUT2D eigenvalue weighted by molar-refractivity contribution is 6.58. The Bertz CT molecular complexity index is 2170. The fourth-order valence-electron chi connectivity index (χ4n) is 8.72. The van der Waals surface area contributed by atoms with E-state index in [9.17, 15) is 37.5 Å². The predicted molar refractivity (Wildman–Crippen MR) is 183 cm³/mol. The highest BCUT2D eigenvalue weighted by Gasteiger charge is 2.77. The number of imide groups is 2. The number of carbonyl (C=O) groups is 4. The first kappa shape index (κ1) is 36.3. The van der Waals surface area contributed by atoms with Crippen molar-refractivity contribution in [1.82, 2.24) is 0 Å². The maximum Gasteiger partial charge on any atom is 0.258 e. The summed E-state index contributed by atoms with van der Waals surface area (Å²) in [6, 6.07) is 10.6. The molecule has 3 aromatic carbocycles. The number of ether oxygens (including phenoxy) is 2. The standard InChI is InChI=1S/C37H28Cl2F5N3O7/c1-53-23-9-2-16(14-22(23)48)25-19-7-8-20-24(33(50)46(32(20)49)18-5-3-17(4-6-18)45-10-12-54-13-11-45)21(19)15-36(38)34(51)47(35(52)37(25,36)39)31-29(43)27(41)26(40)28(42)30(31)44/h2-7,9,14,20-21,24-25,48H,8,10-13,15H2,1H3. The van der Waals surface area contributed by atoms with E-state index in [4.69, 9.17) is 32.7 Å². The molecule has 3 saturated heterocycles. The number of phenols is 1. The fraction of sp³-hybridized carbons (Fsp3) is 0.351. The molecule has 17 heteroatoms. The Hall–Kier alpha value is -4.73. The molecule has 0 aromatic heterocycles. The SMILES string of the molecule is COc1ccc(C2C3=CCC4C(=O)N(c5ccc(N6CCOCC6)cc5)C(=O)C4C3CC3(Cl)C(=O)N(c4c(F)c(F)c(F)c(F)c4F)C(=O)C23Cl)cc1O. The van der Waals surface area contributed by atoms with Crippen molar-refractivity contribution in [3.05, 3.63) is 88.8 Å². The van der Waals surface area contributed by atoms with Crippen LogP contribution in [-0.4, -0.2) is 71.9 Å². The molecule has 8 rings (SSSR count). The number of fused-ring (bicyclic) bond motifs is 4. The van der Waals surface area contributed by atoms with E-state index in [0.29, 0.717) is 26.3 Å². The third-order valence-corrected chi connectivity index (χ3v) is 12.7. The number of anilines is 3. The van der Waals surface area contributed by atoms with Gasteiger partial charge in [0.05, 0.1) is 37.8 Å². The summed E-state index contributed by atoms with van der Waals surface area (Å²) in [4.78, 5) is 54.7. The van der Waals surface area contributed by atoms with E-state index in [1.54, 1.807) is 30.3 Å². The molecular formula is C37H28Cl2F5N3O7. The first-order valence-corrected chi connectivity index (χ1v) is 17.6. The first-order valence-electron chi connectivity index (χ1n) is 16.8. The van der Waals surface area contributed by atoms with E-state index in [1.807, 2.05) is 0 Å². The molecule has 0 bridgehead atoms. The van der Waals surface area contributed by atoms with E-state index < -0.39 is 104 Å². The Balaban J connectivity index is 1.25. The number of hydrogen-bond acceptors (Lipinski definition) is 8. The number of carbonyl (C=O) groups excluding carboxylic acids is 4. The second kappa shape index (κ2) is 12.7. The van der Waals surface area contributed by atoms with Crippen molar-refractivity contribution >= 4 is 63.9 Å². The van der Waals surface area contributed by atoms with Crippen molar-refractivity contribution in [2.45, 2.75) is 28.5 Å². The molecule has 0 radical (unpaired) electrons. The molecular weight excluding hydrogens is 764 g/mol. The number of hydrogen-bond donors (Lipinski definition) is 1. The summed E-state index contributed by atoms with van der Waals surface area (Å²) in [5.74, 6) is -22.0. The molecule has 3 aliphatic heterocycles. The molecule has 2 aliphatic carbocycles. The van der Waals surface area contributed by atoms with Gasteiger partial charge in [-0.2, -0.15) is 0 Å². The number of allylic oxidation sites excluding steroid dienone is 2. The van der Waals surface area contributed by atoms with E-state index in [0.717, 1.165) is 16.7 Å². The van der Waals surface area contributed by atoms with E-state index in [-0.39, 0.29) is 33.9 Å². The number of amides is 4. The number of halogens is 7.